The van der Waals surface area contributed by atoms with Crippen molar-refractivity contribution in [3.63, 3.8) is 0 Å². The van der Waals surface area contributed by atoms with Crippen molar-refractivity contribution in [2.45, 2.75) is 25.3 Å². The molecule has 1 atom stereocenters. The summed E-state index contributed by atoms with van der Waals surface area (Å²) in [5.74, 6) is 0.807. The van der Waals surface area contributed by atoms with E-state index in [2.05, 4.69) is 49.8 Å². The van der Waals surface area contributed by atoms with Crippen LogP contribution in [0.4, 0.5) is 0 Å². The Morgan fingerprint density at radius 3 is 2.88 bits per heavy atom. The zero-order valence-corrected chi connectivity index (χ0v) is 11.8. The van der Waals surface area contributed by atoms with Gasteiger partial charge in [-0.3, -0.25) is 0 Å². The smallest absolute Gasteiger partial charge is 0.0952 e. The fourth-order valence-corrected chi connectivity index (χ4v) is 4.41. The number of hydrogen-bond donors (Lipinski definition) is 0. The fraction of sp³-hybridized carbons (Fsp3) is 0.417. The summed E-state index contributed by atoms with van der Waals surface area (Å²) in [6.45, 7) is 0. The van der Waals surface area contributed by atoms with Crippen molar-refractivity contribution in [3.8, 4) is 0 Å². The monoisotopic (exact) mass is 344 g/mol. The molecule has 0 bridgehead atoms. The summed E-state index contributed by atoms with van der Waals surface area (Å²) in [7, 11) is 0. The van der Waals surface area contributed by atoms with E-state index in [9.17, 15) is 0 Å². The molecule has 2 aromatic heterocycles. The molecular weight excluding hydrogens is 331 g/mol. The second kappa shape index (κ2) is 4.49. The molecule has 0 aromatic carbocycles. The van der Waals surface area contributed by atoms with Crippen LogP contribution in [0.2, 0.25) is 0 Å². The number of halogens is 1. The third-order valence-electron chi connectivity index (χ3n) is 3.36. The summed E-state index contributed by atoms with van der Waals surface area (Å²) in [6.07, 6.45) is 10.0. The highest BCUT2D eigenvalue weighted by atomic mass is 127. The van der Waals surface area contributed by atoms with Crippen LogP contribution in [-0.4, -0.2) is 9.55 Å². The van der Waals surface area contributed by atoms with E-state index in [1.165, 1.54) is 27.7 Å². The van der Waals surface area contributed by atoms with E-state index in [0.29, 0.717) is 6.04 Å². The van der Waals surface area contributed by atoms with E-state index < -0.39 is 0 Å². The SMILES string of the molecule is Ic1ccsc1C(C1CCC1)n1ccnc1. The zero-order valence-electron chi connectivity index (χ0n) is 8.84. The van der Waals surface area contributed by atoms with Crippen LogP contribution in [0.5, 0.6) is 0 Å². The maximum atomic E-state index is 4.19. The first-order chi connectivity index (χ1) is 7.86. The molecule has 0 aliphatic heterocycles. The first kappa shape index (κ1) is 10.8. The van der Waals surface area contributed by atoms with Gasteiger partial charge >= 0.3 is 0 Å². The summed E-state index contributed by atoms with van der Waals surface area (Å²) in [5.41, 5.74) is 0. The summed E-state index contributed by atoms with van der Waals surface area (Å²) in [4.78, 5) is 5.69. The average molecular weight is 344 g/mol. The van der Waals surface area contributed by atoms with Crippen molar-refractivity contribution in [2.75, 3.05) is 0 Å². The van der Waals surface area contributed by atoms with Gasteiger partial charge in [0.05, 0.1) is 12.4 Å². The van der Waals surface area contributed by atoms with Crippen LogP contribution in [0.25, 0.3) is 0 Å². The number of thiophene rings is 1. The van der Waals surface area contributed by atoms with Crippen molar-refractivity contribution in [1.82, 2.24) is 9.55 Å². The van der Waals surface area contributed by atoms with Gasteiger partial charge in [0, 0.05) is 20.8 Å². The van der Waals surface area contributed by atoms with Gasteiger partial charge in [0.25, 0.3) is 0 Å². The minimum absolute atomic E-state index is 0.517. The van der Waals surface area contributed by atoms with Crippen molar-refractivity contribution < 1.29 is 0 Å². The minimum Gasteiger partial charge on any atom is -0.329 e. The lowest BCUT2D eigenvalue weighted by molar-refractivity contribution is 0.239. The highest BCUT2D eigenvalue weighted by Gasteiger charge is 2.31. The van der Waals surface area contributed by atoms with Crippen LogP contribution in [0.15, 0.2) is 30.2 Å². The predicted octanol–water partition coefficient (Wildman–Crippen LogP) is 3.94. The van der Waals surface area contributed by atoms with E-state index in [4.69, 9.17) is 0 Å². The topological polar surface area (TPSA) is 17.8 Å². The Morgan fingerprint density at radius 1 is 1.50 bits per heavy atom. The van der Waals surface area contributed by atoms with Crippen molar-refractivity contribution >= 4 is 33.9 Å². The van der Waals surface area contributed by atoms with Gasteiger partial charge in [-0.25, -0.2) is 4.98 Å². The molecule has 0 spiro atoms. The van der Waals surface area contributed by atoms with Gasteiger partial charge in [-0.05, 0) is 52.8 Å². The summed E-state index contributed by atoms with van der Waals surface area (Å²) < 4.78 is 3.67. The van der Waals surface area contributed by atoms with E-state index in [1.807, 2.05) is 23.9 Å². The van der Waals surface area contributed by atoms with E-state index in [-0.39, 0.29) is 0 Å². The summed E-state index contributed by atoms with van der Waals surface area (Å²) >= 11 is 4.32. The Bertz CT molecular complexity index is 459. The van der Waals surface area contributed by atoms with Gasteiger partial charge in [-0.15, -0.1) is 11.3 Å². The molecular formula is C12H13IN2S. The predicted molar refractivity (Wildman–Crippen MR) is 74.7 cm³/mol. The highest BCUT2D eigenvalue weighted by molar-refractivity contribution is 14.1. The Balaban J connectivity index is 1.99. The normalized spacial score (nSPS) is 18.3. The standard InChI is InChI=1S/C12H13IN2S/c13-10-4-7-16-12(10)11(9-2-1-3-9)15-6-5-14-8-15/h4-9,11H,1-3H2. The lowest BCUT2D eigenvalue weighted by Crippen LogP contribution is -2.25. The van der Waals surface area contributed by atoms with Crippen LogP contribution in [0.1, 0.15) is 30.2 Å². The van der Waals surface area contributed by atoms with Gasteiger partial charge in [-0.2, -0.15) is 0 Å². The first-order valence-corrected chi connectivity index (χ1v) is 7.52. The fourth-order valence-electron chi connectivity index (χ4n) is 2.30. The number of nitrogens with zero attached hydrogens (tertiary/aromatic N) is 2. The van der Waals surface area contributed by atoms with Crippen LogP contribution in [0.3, 0.4) is 0 Å². The Morgan fingerprint density at radius 2 is 2.38 bits per heavy atom. The molecule has 0 saturated heterocycles. The molecule has 3 rings (SSSR count). The van der Waals surface area contributed by atoms with E-state index in [1.54, 1.807) is 0 Å². The Kier molecular flexibility index (Phi) is 3.02. The molecule has 2 nitrogen and oxygen atoms in total. The van der Waals surface area contributed by atoms with E-state index in [0.717, 1.165) is 5.92 Å². The summed E-state index contributed by atoms with van der Waals surface area (Å²) in [6, 6.07) is 2.73. The molecule has 4 heteroatoms. The molecule has 1 saturated carbocycles. The molecule has 16 heavy (non-hydrogen) atoms. The van der Waals surface area contributed by atoms with Crippen LogP contribution < -0.4 is 0 Å². The van der Waals surface area contributed by atoms with Crippen molar-refractivity contribution in [1.29, 1.82) is 0 Å². The van der Waals surface area contributed by atoms with Crippen LogP contribution in [-0.2, 0) is 0 Å². The van der Waals surface area contributed by atoms with Gasteiger partial charge in [0.15, 0.2) is 0 Å². The van der Waals surface area contributed by atoms with Crippen molar-refractivity contribution in [3.05, 3.63) is 38.6 Å². The first-order valence-electron chi connectivity index (χ1n) is 5.56. The lowest BCUT2D eigenvalue weighted by Gasteiger charge is -2.34. The quantitative estimate of drug-likeness (QED) is 0.772. The molecule has 0 amide bonds. The highest BCUT2D eigenvalue weighted by Crippen LogP contribution is 2.43. The van der Waals surface area contributed by atoms with Gasteiger partial charge in [-0.1, -0.05) is 6.42 Å². The number of imidazole rings is 1. The molecule has 84 valence electrons. The minimum atomic E-state index is 0.517. The molecule has 0 radical (unpaired) electrons. The Hall–Kier alpha value is -0.360. The maximum absolute atomic E-state index is 4.19. The number of hydrogen-bond acceptors (Lipinski definition) is 2. The lowest BCUT2D eigenvalue weighted by atomic mass is 9.79. The number of aromatic nitrogens is 2. The van der Waals surface area contributed by atoms with Gasteiger partial charge in [0.2, 0.25) is 0 Å². The molecule has 1 unspecified atom stereocenters. The third kappa shape index (κ3) is 1.82. The third-order valence-corrected chi connectivity index (χ3v) is 5.65. The molecule has 1 fully saturated rings. The largest absolute Gasteiger partial charge is 0.329 e. The number of rotatable bonds is 3. The average Bonchev–Trinajstić information content (AvgIpc) is 2.82. The zero-order chi connectivity index (χ0) is 11.0. The molecule has 2 aromatic rings. The van der Waals surface area contributed by atoms with Crippen LogP contribution >= 0.6 is 33.9 Å². The molecule has 1 aliphatic carbocycles. The van der Waals surface area contributed by atoms with Gasteiger partial charge in [0.1, 0.15) is 0 Å². The van der Waals surface area contributed by atoms with Crippen LogP contribution in [0, 0.1) is 9.49 Å². The molecule has 0 N–H and O–H groups in total. The van der Waals surface area contributed by atoms with Crippen molar-refractivity contribution in [2.24, 2.45) is 5.92 Å². The maximum Gasteiger partial charge on any atom is 0.0952 e. The molecule has 1 aliphatic rings. The summed E-state index contributed by atoms with van der Waals surface area (Å²) in [5, 5.41) is 2.19. The van der Waals surface area contributed by atoms with Gasteiger partial charge < -0.3 is 4.57 Å². The second-order valence-electron chi connectivity index (χ2n) is 4.28. The Labute approximate surface area is 113 Å². The molecule has 2 heterocycles. The van der Waals surface area contributed by atoms with E-state index >= 15 is 0 Å². The second-order valence-corrected chi connectivity index (χ2v) is 6.39.